The largest absolute Gasteiger partial charge is 0.497 e. The van der Waals surface area contributed by atoms with Crippen molar-refractivity contribution in [1.82, 2.24) is 0 Å². The third-order valence-corrected chi connectivity index (χ3v) is 4.34. The van der Waals surface area contributed by atoms with Gasteiger partial charge >= 0.3 is 5.97 Å². The van der Waals surface area contributed by atoms with Gasteiger partial charge in [-0.25, -0.2) is 4.39 Å². The number of methoxy groups -OCH3 is 1. The first-order valence-corrected chi connectivity index (χ1v) is 7.65. The van der Waals surface area contributed by atoms with Crippen molar-refractivity contribution >= 4 is 11.5 Å². The summed E-state index contributed by atoms with van der Waals surface area (Å²) in [5.74, 6) is -0.530. The highest BCUT2D eigenvalue weighted by atomic mass is 19.1. The fraction of sp³-hybridized carbons (Fsp3) is 0.263. The Bertz CT molecular complexity index is 905. The zero-order valence-corrected chi connectivity index (χ0v) is 13.5. The first-order valence-electron chi connectivity index (χ1n) is 7.65. The molecule has 24 heavy (non-hydrogen) atoms. The van der Waals surface area contributed by atoms with Gasteiger partial charge in [-0.1, -0.05) is 12.1 Å². The number of carboxylic acid groups (broad SMARTS) is 1. The Morgan fingerprint density at radius 1 is 1.25 bits per heavy atom. The van der Waals surface area contributed by atoms with E-state index in [0.29, 0.717) is 17.0 Å². The van der Waals surface area contributed by atoms with Crippen molar-refractivity contribution in [2.75, 3.05) is 7.11 Å². The van der Waals surface area contributed by atoms with Crippen LogP contribution in [-0.4, -0.2) is 23.7 Å². The lowest BCUT2D eigenvalue weighted by atomic mass is 9.85. The van der Waals surface area contributed by atoms with Crippen molar-refractivity contribution in [3.63, 3.8) is 0 Å². The Balaban J connectivity index is 2.09. The number of carbonyl (C=O) groups is 1. The van der Waals surface area contributed by atoms with Crippen molar-refractivity contribution in [2.24, 2.45) is 4.99 Å². The molecule has 0 fully saturated rings. The number of aliphatic carboxylic acids is 1. The van der Waals surface area contributed by atoms with Gasteiger partial charge in [0.25, 0.3) is 0 Å². The van der Waals surface area contributed by atoms with Crippen LogP contribution in [0.5, 0.6) is 5.75 Å². The molecule has 1 aliphatic rings. The van der Waals surface area contributed by atoms with Gasteiger partial charge in [-0.3, -0.25) is 9.79 Å². The van der Waals surface area contributed by atoms with Crippen LogP contribution in [0.3, 0.4) is 0 Å². The van der Waals surface area contributed by atoms with E-state index in [2.05, 4.69) is 4.99 Å². The van der Waals surface area contributed by atoms with E-state index in [1.54, 1.807) is 20.1 Å². The van der Waals surface area contributed by atoms with Gasteiger partial charge < -0.3 is 9.84 Å². The molecule has 1 atom stereocenters. The highest BCUT2D eigenvalue weighted by Crippen LogP contribution is 2.30. The second-order valence-electron chi connectivity index (χ2n) is 6.12. The van der Waals surface area contributed by atoms with Crippen molar-refractivity contribution in [1.29, 1.82) is 0 Å². The Labute approximate surface area is 138 Å². The Kier molecular flexibility index (Phi) is 4.09. The van der Waals surface area contributed by atoms with E-state index in [0.717, 1.165) is 16.9 Å². The summed E-state index contributed by atoms with van der Waals surface area (Å²) in [5.41, 5.74) is 0.946. The Morgan fingerprint density at radius 2 is 1.96 bits per heavy atom. The lowest BCUT2D eigenvalue weighted by Gasteiger charge is -2.24. The van der Waals surface area contributed by atoms with Crippen LogP contribution in [0.25, 0.3) is 5.57 Å². The molecule has 3 rings (SSSR count). The molecule has 1 N–H and O–H groups in total. The van der Waals surface area contributed by atoms with E-state index in [9.17, 15) is 14.3 Å². The number of rotatable bonds is 5. The second kappa shape index (κ2) is 6.07. The van der Waals surface area contributed by atoms with Gasteiger partial charge in [0.15, 0.2) is 0 Å². The van der Waals surface area contributed by atoms with E-state index in [-0.39, 0.29) is 12.2 Å². The second-order valence-corrected chi connectivity index (χ2v) is 6.12. The molecule has 0 bridgehead atoms. The maximum atomic E-state index is 13.7. The van der Waals surface area contributed by atoms with E-state index in [1.165, 1.54) is 12.1 Å². The number of carboxylic acids is 1. The summed E-state index contributed by atoms with van der Waals surface area (Å²) in [6, 6.07) is 11.9. The minimum Gasteiger partial charge on any atom is -0.497 e. The molecule has 1 aliphatic heterocycles. The minimum absolute atomic E-state index is 0.130. The smallest absolute Gasteiger partial charge is 0.306 e. The molecule has 2 aromatic rings. The number of benzene rings is 2. The predicted octanol–water partition coefficient (Wildman–Crippen LogP) is 2.09. The van der Waals surface area contributed by atoms with Crippen LogP contribution in [-0.2, 0) is 11.2 Å². The average Bonchev–Trinajstić information content (AvgIpc) is 2.79. The first kappa shape index (κ1) is 16.2. The zero-order valence-electron chi connectivity index (χ0n) is 13.5. The van der Waals surface area contributed by atoms with Crippen molar-refractivity contribution in [3.05, 3.63) is 64.4 Å². The molecule has 0 saturated heterocycles. The van der Waals surface area contributed by atoms with E-state index >= 15 is 0 Å². The molecule has 5 heteroatoms. The molecule has 1 unspecified atom stereocenters. The van der Waals surface area contributed by atoms with Crippen LogP contribution in [0.1, 0.15) is 18.9 Å². The summed E-state index contributed by atoms with van der Waals surface area (Å²) in [5, 5.41) is 10.6. The summed E-state index contributed by atoms with van der Waals surface area (Å²) >= 11 is 0. The Hall–Kier alpha value is -2.69. The lowest BCUT2D eigenvalue weighted by molar-refractivity contribution is -0.137. The van der Waals surface area contributed by atoms with Crippen LogP contribution in [0.4, 0.5) is 4.39 Å². The number of ether oxygens (including phenoxy) is 1. The van der Waals surface area contributed by atoms with Crippen molar-refractivity contribution < 1.29 is 19.0 Å². The molecule has 4 nitrogen and oxygen atoms in total. The Morgan fingerprint density at radius 3 is 2.58 bits per heavy atom. The fourth-order valence-corrected chi connectivity index (χ4v) is 3.14. The average molecular weight is 327 g/mol. The van der Waals surface area contributed by atoms with Crippen LogP contribution in [0.2, 0.25) is 0 Å². The molecule has 1 heterocycles. The number of hydrogen-bond donors (Lipinski definition) is 1. The van der Waals surface area contributed by atoms with Gasteiger partial charge in [-0.2, -0.15) is 0 Å². The molecule has 0 spiro atoms. The molecular formula is C19H18FNO3. The van der Waals surface area contributed by atoms with Gasteiger partial charge in [-0.05, 0) is 54.8 Å². The van der Waals surface area contributed by atoms with E-state index in [4.69, 9.17) is 4.74 Å². The third-order valence-electron chi connectivity index (χ3n) is 4.34. The number of fused-ring (bicyclic) bond motifs is 1. The summed E-state index contributed by atoms with van der Waals surface area (Å²) in [4.78, 5) is 15.9. The van der Waals surface area contributed by atoms with Gasteiger partial charge in [0, 0.05) is 5.22 Å². The van der Waals surface area contributed by atoms with Gasteiger partial charge in [-0.15, -0.1) is 0 Å². The van der Waals surface area contributed by atoms with E-state index < -0.39 is 11.5 Å². The lowest BCUT2D eigenvalue weighted by Crippen LogP contribution is -2.29. The molecular weight excluding hydrogens is 309 g/mol. The number of halogens is 1. The topological polar surface area (TPSA) is 58.9 Å². The maximum absolute atomic E-state index is 13.7. The van der Waals surface area contributed by atoms with Crippen LogP contribution in [0, 0.1) is 5.82 Å². The molecule has 0 saturated carbocycles. The monoisotopic (exact) mass is 327 g/mol. The summed E-state index contributed by atoms with van der Waals surface area (Å²) in [6.45, 7) is 1.79. The van der Waals surface area contributed by atoms with Crippen molar-refractivity contribution in [3.8, 4) is 5.75 Å². The maximum Gasteiger partial charge on any atom is 0.306 e. The van der Waals surface area contributed by atoms with Crippen LogP contribution in [0.15, 0.2) is 47.5 Å². The van der Waals surface area contributed by atoms with Crippen molar-refractivity contribution in [2.45, 2.75) is 25.3 Å². The minimum atomic E-state index is -0.929. The molecule has 0 aromatic heterocycles. The fourth-order valence-electron chi connectivity index (χ4n) is 3.14. The van der Waals surface area contributed by atoms with Gasteiger partial charge in [0.2, 0.25) is 0 Å². The van der Waals surface area contributed by atoms with Crippen LogP contribution >= 0.6 is 0 Å². The van der Waals surface area contributed by atoms with Crippen LogP contribution < -0.4 is 15.3 Å². The predicted molar refractivity (Wildman–Crippen MR) is 87.9 cm³/mol. The standard InChI is InChI=1S/C19H18FNO3/c1-19(11-18(22)23)16(9-12-3-6-14(24-2)7-4-12)15-10-13(20)5-8-17(15)21-19/h3-8,10H,9,11H2,1-2H3,(H,22,23). The molecule has 124 valence electrons. The molecule has 0 aliphatic carbocycles. The summed E-state index contributed by atoms with van der Waals surface area (Å²) < 4.78 is 18.9. The number of hydrogen-bond acceptors (Lipinski definition) is 3. The van der Waals surface area contributed by atoms with Gasteiger partial charge in [0.1, 0.15) is 11.6 Å². The highest BCUT2D eigenvalue weighted by Gasteiger charge is 2.35. The van der Waals surface area contributed by atoms with Gasteiger partial charge in [0.05, 0.1) is 24.4 Å². The zero-order chi connectivity index (χ0) is 17.3. The number of nitrogens with zero attached hydrogens (tertiary/aromatic N) is 1. The first-order chi connectivity index (χ1) is 11.4. The van der Waals surface area contributed by atoms with E-state index in [1.807, 2.05) is 24.3 Å². The molecule has 2 aromatic carbocycles. The third kappa shape index (κ3) is 3.02. The molecule has 0 radical (unpaired) electrons. The SMILES string of the molecule is COc1ccc(CC2=c3cc(F)ccc3=NC2(C)CC(=O)O)cc1. The quantitative estimate of drug-likeness (QED) is 0.915. The normalized spacial score (nSPS) is 18.9. The summed E-state index contributed by atoms with van der Waals surface area (Å²) in [6.07, 6.45) is 0.377. The molecule has 0 amide bonds. The highest BCUT2D eigenvalue weighted by molar-refractivity contribution is 5.75. The summed E-state index contributed by atoms with van der Waals surface area (Å²) in [7, 11) is 1.60.